The maximum absolute atomic E-state index is 14.6. The van der Waals surface area contributed by atoms with Crippen LogP contribution < -0.4 is 10.5 Å². The first-order valence-corrected chi connectivity index (χ1v) is 12.9. The number of rotatable bonds is 6. The Hall–Kier alpha value is -3.56. The highest BCUT2D eigenvalue weighted by atomic mass is 19.1. The van der Waals surface area contributed by atoms with E-state index in [1.165, 1.54) is 12.1 Å². The monoisotopic (exact) mass is 519 g/mol. The number of aromatic nitrogens is 2. The molecule has 200 valence electrons. The summed E-state index contributed by atoms with van der Waals surface area (Å²) in [6.07, 6.45) is 0.441. The Labute approximate surface area is 222 Å². The Morgan fingerprint density at radius 3 is 2.66 bits per heavy atom. The Bertz CT molecular complexity index is 1360. The second kappa shape index (κ2) is 10.3. The van der Waals surface area contributed by atoms with E-state index >= 15 is 0 Å². The molecule has 3 heterocycles. The van der Waals surface area contributed by atoms with Gasteiger partial charge >= 0.3 is 0 Å². The minimum absolute atomic E-state index is 0.141. The van der Waals surface area contributed by atoms with Crippen LogP contribution in [0, 0.1) is 12.7 Å². The average Bonchev–Trinajstić information content (AvgIpc) is 2.90. The first-order valence-electron chi connectivity index (χ1n) is 12.9. The molecule has 5 rings (SSSR count). The molecule has 0 bridgehead atoms. The smallest absolute Gasteiger partial charge is 0.258 e. The highest BCUT2D eigenvalue weighted by Crippen LogP contribution is 2.40. The van der Waals surface area contributed by atoms with Gasteiger partial charge in [0.15, 0.2) is 0 Å². The van der Waals surface area contributed by atoms with Crippen molar-refractivity contribution in [3.63, 3.8) is 0 Å². The number of carbonyl (C=O) groups excluding carboxylic acids is 1. The predicted molar refractivity (Wildman–Crippen MR) is 144 cm³/mol. The highest BCUT2D eigenvalue weighted by Gasteiger charge is 2.41. The normalized spacial score (nSPS) is 18.4. The van der Waals surface area contributed by atoms with E-state index in [2.05, 4.69) is 28.7 Å². The van der Waals surface area contributed by atoms with Crippen molar-refractivity contribution in [2.45, 2.75) is 38.8 Å². The number of hydrogen-bond donors (Lipinski definition) is 1. The molecule has 3 aromatic rings. The predicted octanol–water partition coefficient (Wildman–Crippen LogP) is 4.03. The molecule has 2 N–H and O–H groups in total. The lowest BCUT2D eigenvalue weighted by atomic mass is 9.86. The highest BCUT2D eigenvalue weighted by molar-refractivity contribution is 5.98. The summed E-state index contributed by atoms with van der Waals surface area (Å²) in [5.74, 6) is 0.318. The average molecular weight is 520 g/mol. The van der Waals surface area contributed by atoms with Crippen LogP contribution in [-0.4, -0.2) is 71.2 Å². The molecule has 2 aliphatic heterocycles. The zero-order valence-corrected chi connectivity index (χ0v) is 22.3. The Morgan fingerprint density at radius 1 is 1.16 bits per heavy atom. The molecule has 1 atom stereocenters. The number of nitrogen functional groups attached to an aromatic ring is 1. The largest absolute Gasteiger partial charge is 0.497 e. The van der Waals surface area contributed by atoms with E-state index in [4.69, 9.17) is 15.2 Å². The first-order chi connectivity index (χ1) is 18.2. The molecule has 8 nitrogen and oxygen atoms in total. The summed E-state index contributed by atoms with van der Waals surface area (Å²) in [5, 5.41) is 0. The number of ether oxygens (including phenoxy) is 2. The van der Waals surface area contributed by atoms with E-state index in [1.807, 2.05) is 29.2 Å². The van der Waals surface area contributed by atoms with Crippen molar-refractivity contribution in [3.8, 4) is 16.9 Å². The number of fused-ring (bicyclic) bond motifs is 1. The van der Waals surface area contributed by atoms with Crippen LogP contribution in [0.25, 0.3) is 11.1 Å². The maximum Gasteiger partial charge on any atom is 0.258 e. The molecule has 0 spiro atoms. The Morgan fingerprint density at radius 2 is 1.92 bits per heavy atom. The number of carbonyl (C=O) groups is 1. The van der Waals surface area contributed by atoms with Gasteiger partial charge in [-0.05, 0) is 61.7 Å². The van der Waals surface area contributed by atoms with Gasteiger partial charge in [0.2, 0.25) is 5.95 Å². The van der Waals surface area contributed by atoms with Gasteiger partial charge in [0.25, 0.3) is 5.91 Å². The number of hydrogen-bond acceptors (Lipinski definition) is 7. The summed E-state index contributed by atoms with van der Waals surface area (Å²) in [7, 11) is 1.60. The number of methoxy groups -OCH3 is 1. The van der Waals surface area contributed by atoms with Gasteiger partial charge < -0.3 is 20.1 Å². The molecule has 1 unspecified atom stereocenters. The number of aryl methyl sites for hydroxylation is 1. The topological polar surface area (TPSA) is 93.8 Å². The van der Waals surface area contributed by atoms with Gasteiger partial charge in [-0.1, -0.05) is 18.2 Å². The van der Waals surface area contributed by atoms with Gasteiger partial charge in [0.1, 0.15) is 11.6 Å². The van der Waals surface area contributed by atoms with Crippen LogP contribution in [0.3, 0.4) is 0 Å². The van der Waals surface area contributed by atoms with Gasteiger partial charge in [-0.25, -0.2) is 14.4 Å². The van der Waals surface area contributed by atoms with Gasteiger partial charge in [0.05, 0.1) is 43.3 Å². The number of halogens is 1. The number of anilines is 1. The van der Waals surface area contributed by atoms with E-state index in [9.17, 15) is 9.18 Å². The summed E-state index contributed by atoms with van der Waals surface area (Å²) in [6, 6.07) is 11.9. The summed E-state index contributed by atoms with van der Waals surface area (Å²) >= 11 is 0. The van der Waals surface area contributed by atoms with Crippen molar-refractivity contribution in [1.82, 2.24) is 19.8 Å². The second-order valence-corrected chi connectivity index (χ2v) is 10.5. The lowest BCUT2D eigenvalue weighted by Gasteiger charge is -2.47. The van der Waals surface area contributed by atoms with Crippen molar-refractivity contribution in [1.29, 1.82) is 0 Å². The fraction of sp³-hybridized carbons (Fsp3) is 0.414. The van der Waals surface area contributed by atoms with Crippen LogP contribution >= 0.6 is 0 Å². The molecule has 1 fully saturated rings. The Balaban J connectivity index is 1.64. The van der Waals surface area contributed by atoms with Crippen LogP contribution in [0.5, 0.6) is 5.75 Å². The minimum atomic E-state index is -0.384. The molecule has 1 amide bonds. The van der Waals surface area contributed by atoms with Gasteiger partial charge in [-0.15, -0.1) is 0 Å². The minimum Gasteiger partial charge on any atom is -0.497 e. The summed E-state index contributed by atoms with van der Waals surface area (Å²) in [4.78, 5) is 27.2. The standard InChI is InChI=1S/C29H34FN5O3/c1-18-26-24(33-28(31)32-18)16-25(35(27(26)36)17-29(2,3)34-10-12-38-13-11-34)22-9-8-20(30)15-23(22)19-6-5-7-21(14-19)37-4/h5-9,14-15,25H,10-13,16-17H2,1-4H3,(H2,31,32,33). The zero-order valence-electron chi connectivity index (χ0n) is 22.3. The van der Waals surface area contributed by atoms with Crippen molar-refractivity contribution in [3.05, 3.63) is 70.8 Å². The van der Waals surface area contributed by atoms with Crippen LogP contribution in [0.15, 0.2) is 42.5 Å². The molecule has 2 aliphatic rings. The SMILES string of the molecule is COc1cccc(-c2cc(F)ccc2C2Cc3nc(N)nc(C)c3C(=O)N2CC(C)(C)N2CCOCC2)c1. The van der Waals surface area contributed by atoms with E-state index in [1.54, 1.807) is 20.1 Å². The summed E-state index contributed by atoms with van der Waals surface area (Å²) < 4.78 is 25.6. The molecule has 2 aromatic carbocycles. The molecular weight excluding hydrogens is 485 g/mol. The fourth-order valence-corrected chi connectivity index (χ4v) is 5.67. The molecule has 1 saturated heterocycles. The van der Waals surface area contributed by atoms with Crippen LogP contribution in [0.4, 0.5) is 10.3 Å². The zero-order chi connectivity index (χ0) is 27.0. The van der Waals surface area contributed by atoms with Gasteiger partial charge in [0, 0.05) is 31.6 Å². The van der Waals surface area contributed by atoms with Crippen LogP contribution in [0.2, 0.25) is 0 Å². The molecule has 9 heteroatoms. The van der Waals surface area contributed by atoms with E-state index in [-0.39, 0.29) is 29.3 Å². The third-order valence-electron chi connectivity index (χ3n) is 7.60. The van der Waals surface area contributed by atoms with Crippen molar-refractivity contribution in [2.24, 2.45) is 0 Å². The van der Waals surface area contributed by atoms with Gasteiger partial charge in [-0.3, -0.25) is 9.69 Å². The van der Waals surface area contributed by atoms with E-state index in [0.717, 1.165) is 24.2 Å². The molecule has 0 radical (unpaired) electrons. The molecule has 0 aliphatic carbocycles. The van der Waals surface area contributed by atoms with Crippen LogP contribution in [-0.2, 0) is 11.2 Å². The third-order valence-corrected chi connectivity index (χ3v) is 7.60. The summed E-state index contributed by atoms with van der Waals surface area (Å²) in [6.45, 7) is 9.47. The number of morpholine rings is 1. The molecular formula is C29H34FN5O3. The maximum atomic E-state index is 14.6. The second-order valence-electron chi connectivity index (χ2n) is 10.5. The molecule has 1 aromatic heterocycles. The number of amides is 1. The van der Waals surface area contributed by atoms with E-state index < -0.39 is 0 Å². The fourth-order valence-electron chi connectivity index (χ4n) is 5.67. The number of benzene rings is 2. The summed E-state index contributed by atoms with van der Waals surface area (Å²) in [5.41, 5.74) is 9.70. The first kappa shape index (κ1) is 26.1. The quantitative estimate of drug-likeness (QED) is 0.526. The van der Waals surface area contributed by atoms with E-state index in [0.29, 0.717) is 54.4 Å². The van der Waals surface area contributed by atoms with Crippen molar-refractivity contribution in [2.75, 3.05) is 45.7 Å². The number of nitrogens with two attached hydrogens (primary N) is 1. The van der Waals surface area contributed by atoms with Crippen LogP contribution in [0.1, 0.15) is 47.2 Å². The third kappa shape index (κ3) is 4.96. The lowest BCUT2D eigenvalue weighted by Crippen LogP contribution is -2.57. The van der Waals surface area contributed by atoms with Crippen molar-refractivity contribution < 1.29 is 18.7 Å². The molecule has 38 heavy (non-hydrogen) atoms. The number of nitrogens with zero attached hydrogens (tertiary/aromatic N) is 4. The Kier molecular flexibility index (Phi) is 7.07. The van der Waals surface area contributed by atoms with Gasteiger partial charge in [-0.2, -0.15) is 0 Å². The lowest BCUT2D eigenvalue weighted by molar-refractivity contribution is -0.0245. The van der Waals surface area contributed by atoms with Crippen molar-refractivity contribution >= 4 is 11.9 Å². The molecule has 0 saturated carbocycles.